The number of nitrogens with zero attached hydrogens (tertiary/aromatic N) is 1. The molecule has 0 bridgehead atoms. The first-order valence-electron chi connectivity index (χ1n) is 4.91. The second-order valence-electron chi connectivity index (χ2n) is 3.19. The Morgan fingerprint density at radius 1 is 1.47 bits per heavy atom. The summed E-state index contributed by atoms with van der Waals surface area (Å²) < 4.78 is 17.7. The second kappa shape index (κ2) is 6.89. The lowest BCUT2D eigenvalue weighted by atomic mass is 10.2. The van der Waals surface area contributed by atoms with Crippen molar-refractivity contribution in [2.24, 2.45) is 0 Å². The maximum atomic E-state index is 12.9. The zero-order chi connectivity index (χ0) is 12.7. The monoisotopic (exact) mass is 244 g/mol. The molecule has 0 saturated carbocycles. The van der Waals surface area contributed by atoms with Crippen molar-refractivity contribution in [1.82, 2.24) is 5.48 Å². The van der Waals surface area contributed by atoms with Crippen LogP contribution in [0.4, 0.5) is 10.1 Å². The molecule has 7 heteroatoms. The zero-order valence-electron chi connectivity index (χ0n) is 9.31. The Kier molecular flexibility index (Phi) is 5.47. The number of nitro benzene ring substituents is 1. The summed E-state index contributed by atoms with van der Waals surface area (Å²) in [5, 5.41) is 10.7. The Balaban J connectivity index is 2.56. The Bertz CT molecular complexity index is 387. The number of rotatable bonds is 7. The molecule has 0 radical (unpaired) electrons. The summed E-state index contributed by atoms with van der Waals surface area (Å²) >= 11 is 0. The van der Waals surface area contributed by atoms with Gasteiger partial charge in [0.25, 0.3) is 5.69 Å². The van der Waals surface area contributed by atoms with E-state index >= 15 is 0 Å². The third kappa shape index (κ3) is 4.43. The van der Waals surface area contributed by atoms with Gasteiger partial charge in [0.1, 0.15) is 5.82 Å². The fourth-order valence-corrected chi connectivity index (χ4v) is 1.20. The van der Waals surface area contributed by atoms with E-state index in [1.54, 1.807) is 0 Å². The van der Waals surface area contributed by atoms with E-state index in [0.29, 0.717) is 13.2 Å². The van der Waals surface area contributed by atoms with E-state index in [-0.39, 0.29) is 17.8 Å². The van der Waals surface area contributed by atoms with Gasteiger partial charge in [0.15, 0.2) is 0 Å². The number of nitro groups is 1. The standard InChI is InChI=1S/C10H13FN2O4/c1-16-4-5-17-12-7-8-6-9(11)2-3-10(8)13(14)15/h2-3,6,12H,4-5,7H2,1H3. The van der Waals surface area contributed by atoms with Gasteiger partial charge in [-0.25, -0.2) is 4.39 Å². The maximum absolute atomic E-state index is 12.9. The topological polar surface area (TPSA) is 73.6 Å². The molecule has 0 amide bonds. The number of hydrogen-bond acceptors (Lipinski definition) is 5. The Morgan fingerprint density at radius 3 is 2.88 bits per heavy atom. The average molecular weight is 244 g/mol. The lowest BCUT2D eigenvalue weighted by Gasteiger charge is -2.06. The predicted molar refractivity (Wildman–Crippen MR) is 57.7 cm³/mol. The normalized spacial score (nSPS) is 10.5. The summed E-state index contributed by atoms with van der Waals surface area (Å²) in [5.41, 5.74) is 2.59. The molecular weight excluding hydrogens is 231 g/mol. The van der Waals surface area contributed by atoms with Crippen molar-refractivity contribution in [3.8, 4) is 0 Å². The largest absolute Gasteiger partial charge is 0.382 e. The highest BCUT2D eigenvalue weighted by Crippen LogP contribution is 2.19. The molecule has 0 fully saturated rings. The van der Waals surface area contributed by atoms with Crippen LogP contribution in [0.5, 0.6) is 0 Å². The van der Waals surface area contributed by atoms with Crippen LogP contribution in [0.25, 0.3) is 0 Å². The molecule has 17 heavy (non-hydrogen) atoms. The molecule has 0 aliphatic carbocycles. The summed E-state index contributed by atoms with van der Waals surface area (Å²) in [6, 6.07) is 3.28. The lowest BCUT2D eigenvalue weighted by Crippen LogP contribution is -2.18. The fraction of sp³-hybridized carbons (Fsp3) is 0.400. The van der Waals surface area contributed by atoms with E-state index in [0.717, 1.165) is 18.2 Å². The van der Waals surface area contributed by atoms with Crippen LogP contribution in [0.2, 0.25) is 0 Å². The highest BCUT2D eigenvalue weighted by atomic mass is 19.1. The minimum absolute atomic E-state index is 0.0534. The van der Waals surface area contributed by atoms with Gasteiger partial charge >= 0.3 is 0 Å². The van der Waals surface area contributed by atoms with E-state index in [2.05, 4.69) is 5.48 Å². The van der Waals surface area contributed by atoms with E-state index in [9.17, 15) is 14.5 Å². The van der Waals surface area contributed by atoms with Crippen molar-refractivity contribution in [1.29, 1.82) is 0 Å². The van der Waals surface area contributed by atoms with Crippen molar-refractivity contribution in [2.75, 3.05) is 20.3 Å². The number of benzene rings is 1. The van der Waals surface area contributed by atoms with Gasteiger partial charge in [-0.1, -0.05) is 0 Å². The van der Waals surface area contributed by atoms with E-state index in [1.807, 2.05) is 0 Å². The van der Waals surface area contributed by atoms with Crippen LogP contribution in [0.1, 0.15) is 5.56 Å². The Hall–Kier alpha value is -1.57. The van der Waals surface area contributed by atoms with Gasteiger partial charge in [0.05, 0.1) is 24.7 Å². The molecule has 94 valence electrons. The van der Waals surface area contributed by atoms with Crippen LogP contribution in [0.15, 0.2) is 18.2 Å². The predicted octanol–water partition coefficient (Wildman–Crippen LogP) is 1.40. The van der Waals surface area contributed by atoms with Gasteiger partial charge in [-0.3, -0.25) is 15.0 Å². The highest BCUT2D eigenvalue weighted by Gasteiger charge is 2.13. The number of hydroxylamine groups is 1. The lowest BCUT2D eigenvalue weighted by molar-refractivity contribution is -0.385. The van der Waals surface area contributed by atoms with Crippen molar-refractivity contribution in [3.63, 3.8) is 0 Å². The summed E-state index contributed by atoms with van der Waals surface area (Å²) in [4.78, 5) is 15.0. The highest BCUT2D eigenvalue weighted by molar-refractivity contribution is 5.40. The van der Waals surface area contributed by atoms with E-state index < -0.39 is 10.7 Å². The molecular formula is C10H13FN2O4. The first-order chi connectivity index (χ1) is 8.15. The third-order valence-electron chi connectivity index (χ3n) is 1.99. The molecule has 0 heterocycles. The van der Waals surface area contributed by atoms with E-state index in [1.165, 1.54) is 7.11 Å². The molecule has 1 rings (SSSR count). The smallest absolute Gasteiger partial charge is 0.274 e. The van der Waals surface area contributed by atoms with Crippen LogP contribution in [-0.4, -0.2) is 25.2 Å². The second-order valence-corrected chi connectivity index (χ2v) is 3.19. The first kappa shape index (κ1) is 13.5. The number of methoxy groups -OCH3 is 1. The molecule has 0 aliphatic rings. The van der Waals surface area contributed by atoms with Gasteiger partial charge in [0.2, 0.25) is 0 Å². The summed E-state index contributed by atoms with van der Waals surface area (Å²) in [7, 11) is 1.53. The SMILES string of the molecule is COCCONCc1cc(F)ccc1[N+](=O)[O-]. The molecule has 1 aromatic rings. The van der Waals surface area contributed by atoms with Crippen molar-refractivity contribution in [2.45, 2.75) is 6.54 Å². The minimum atomic E-state index is -0.564. The summed E-state index contributed by atoms with van der Waals surface area (Å²) in [6.07, 6.45) is 0. The third-order valence-corrected chi connectivity index (χ3v) is 1.99. The quantitative estimate of drug-likeness (QED) is 0.446. The van der Waals surface area contributed by atoms with Crippen molar-refractivity contribution in [3.05, 3.63) is 39.7 Å². The van der Waals surface area contributed by atoms with Gasteiger partial charge in [-0.15, -0.1) is 0 Å². The van der Waals surface area contributed by atoms with Crippen LogP contribution in [0.3, 0.4) is 0 Å². The van der Waals surface area contributed by atoms with Crippen LogP contribution >= 0.6 is 0 Å². The molecule has 0 saturated heterocycles. The van der Waals surface area contributed by atoms with Gasteiger partial charge in [0, 0.05) is 18.7 Å². The van der Waals surface area contributed by atoms with Gasteiger partial charge < -0.3 is 4.74 Å². The number of hydrogen-bond donors (Lipinski definition) is 1. The molecule has 0 aliphatic heterocycles. The maximum Gasteiger partial charge on any atom is 0.274 e. The van der Waals surface area contributed by atoms with Crippen molar-refractivity contribution < 1.29 is 18.9 Å². The fourth-order valence-electron chi connectivity index (χ4n) is 1.20. The first-order valence-corrected chi connectivity index (χ1v) is 4.91. The molecule has 0 atom stereocenters. The zero-order valence-corrected chi connectivity index (χ0v) is 9.31. The van der Waals surface area contributed by atoms with Crippen LogP contribution < -0.4 is 5.48 Å². The van der Waals surface area contributed by atoms with Crippen LogP contribution in [-0.2, 0) is 16.1 Å². The molecule has 6 nitrogen and oxygen atoms in total. The number of nitrogens with one attached hydrogen (secondary N) is 1. The van der Waals surface area contributed by atoms with Crippen molar-refractivity contribution >= 4 is 5.69 Å². The minimum Gasteiger partial charge on any atom is -0.382 e. The average Bonchev–Trinajstić information content (AvgIpc) is 2.28. The summed E-state index contributed by atoms with van der Waals surface area (Å²) in [6.45, 7) is 0.760. The van der Waals surface area contributed by atoms with Gasteiger partial charge in [-0.05, 0) is 12.1 Å². The van der Waals surface area contributed by atoms with Crippen LogP contribution in [0, 0.1) is 15.9 Å². The Labute approximate surface area is 97.4 Å². The molecule has 0 unspecified atom stereocenters. The Morgan fingerprint density at radius 2 is 2.24 bits per heavy atom. The van der Waals surface area contributed by atoms with E-state index in [4.69, 9.17) is 9.57 Å². The van der Waals surface area contributed by atoms with Gasteiger partial charge in [-0.2, -0.15) is 5.48 Å². The number of halogens is 1. The molecule has 1 N–H and O–H groups in total. The molecule has 0 spiro atoms. The number of ether oxygens (including phenoxy) is 1. The molecule has 0 aromatic heterocycles. The summed E-state index contributed by atoms with van der Waals surface area (Å²) in [5.74, 6) is -0.524. The molecule has 1 aromatic carbocycles.